The lowest BCUT2D eigenvalue weighted by atomic mass is 9.91. The van der Waals surface area contributed by atoms with E-state index in [1.807, 2.05) is 0 Å². The van der Waals surface area contributed by atoms with Crippen LogP contribution in [0.15, 0.2) is 52.8 Å². The lowest BCUT2D eigenvalue weighted by molar-refractivity contribution is 0.282. The Balaban J connectivity index is 1.91. The number of rotatable bonds is 1. The Hall–Kier alpha value is -1.96. The molecule has 1 heterocycles. The monoisotopic (exact) mass is 251 g/mol. The average Bonchev–Trinajstić information content (AvgIpc) is 2.95. The molecule has 0 spiro atoms. The average molecular weight is 251 g/mol. The van der Waals surface area contributed by atoms with E-state index in [0.29, 0.717) is 6.04 Å². The van der Waals surface area contributed by atoms with E-state index in [4.69, 9.17) is 4.74 Å². The van der Waals surface area contributed by atoms with E-state index in [-0.39, 0.29) is 0 Å². The molecular formula is C17H17NO. The Morgan fingerprint density at radius 2 is 2.05 bits per heavy atom. The molecule has 1 aromatic carbocycles. The largest absolute Gasteiger partial charge is 0.501 e. The Morgan fingerprint density at radius 1 is 1.21 bits per heavy atom. The molecule has 1 atom stereocenters. The van der Waals surface area contributed by atoms with Crippen molar-refractivity contribution in [3.8, 4) is 0 Å². The molecule has 0 saturated carbocycles. The van der Waals surface area contributed by atoms with Gasteiger partial charge in [0.1, 0.15) is 5.76 Å². The second-order valence-corrected chi connectivity index (χ2v) is 5.49. The van der Waals surface area contributed by atoms with Gasteiger partial charge in [0, 0.05) is 17.7 Å². The van der Waals surface area contributed by atoms with Gasteiger partial charge in [0.25, 0.3) is 0 Å². The SMILES string of the molecule is COC1=CC(C)=C2CC3Nc4ccccc4C3=C2C1. The molecular weight excluding hydrogens is 234 g/mol. The molecule has 0 fully saturated rings. The minimum Gasteiger partial charge on any atom is -0.501 e. The molecule has 3 aliphatic rings. The number of hydrogen-bond acceptors (Lipinski definition) is 2. The molecule has 0 aromatic heterocycles. The molecule has 0 amide bonds. The molecule has 1 N–H and O–H groups in total. The van der Waals surface area contributed by atoms with Gasteiger partial charge in [-0.05, 0) is 47.8 Å². The number of allylic oxidation sites excluding steroid dienone is 3. The Morgan fingerprint density at radius 3 is 2.89 bits per heavy atom. The molecule has 0 radical (unpaired) electrons. The Kier molecular flexibility index (Phi) is 2.16. The molecule has 1 aromatic rings. The van der Waals surface area contributed by atoms with Gasteiger partial charge >= 0.3 is 0 Å². The van der Waals surface area contributed by atoms with Crippen molar-refractivity contribution < 1.29 is 4.74 Å². The van der Waals surface area contributed by atoms with Gasteiger partial charge in [0.15, 0.2) is 0 Å². The second-order valence-electron chi connectivity index (χ2n) is 5.49. The highest BCUT2D eigenvalue weighted by Crippen LogP contribution is 2.50. The van der Waals surface area contributed by atoms with Crippen molar-refractivity contribution in [3.63, 3.8) is 0 Å². The van der Waals surface area contributed by atoms with Gasteiger partial charge in [-0.3, -0.25) is 0 Å². The number of nitrogens with one attached hydrogen (secondary N) is 1. The molecule has 0 saturated heterocycles. The van der Waals surface area contributed by atoms with Crippen LogP contribution < -0.4 is 5.32 Å². The first kappa shape index (κ1) is 10.9. The predicted octanol–water partition coefficient (Wildman–Crippen LogP) is 3.89. The van der Waals surface area contributed by atoms with E-state index in [2.05, 4.69) is 42.6 Å². The van der Waals surface area contributed by atoms with E-state index < -0.39 is 0 Å². The molecule has 2 aliphatic carbocycles. The molecule has 2 nitrogen and oxygen atoms in total. The van der Waals surface area contributed by atoms with Crippen LogP contribution in [0.3, 0.4) is 0 Å². The number of methoxy groups -OCH3 is 1. The van der Waals surface area contributed by atoms with Crippen molar-refractivity contribution >= 4 is 11.3 Å². The van der Waals surface area contributed by atoms with Crippen molar-refractivity contribution in [1.29, 1.82) is 0 Å². The quantitative estimate of drug-likeness (QED) is 0.817. The van der Waals surface area contributed by atoms with Crippen LogP contribution in [0.25, 0.3) is 5.57 Å². The molecule has 96 valence electrons. The molecule has 1 unspecified atom stereocenters. The standard InChI is InChI=1S/C17H17NO/c1-10-7-11(19-2)8-14-13(10)9-16-17(14)12-5-3-4-6-15(12)18-16/h3-7,16,18H,8-9H2,1-2H3. The summed E-state index contributed by atoms with van der Waals surface area (Å²) in [6.45, 7) is 2.20. The maximum atomic E-state index is 5.48. The van der Waals surface area contributed by atoms with E-state index in [1.54, 1.807) is 7.11 Å². The van der Waals surface area contributed by atoms with E-state index in [9.17, 15) is 0 Å². The van der Waals surface area contributed by atoms with E-state index in [0.717, 1.165) is 18.6 Å². The van der Waals surface area contributed by atoms with Crippen molar-refractivity contribution in [2.24, 2.45) is 0 Å². The third kappa shape index (κ3) is 1.43. The minimum atomic E-state index is 0.460. The van der Waals surface area contributed by atoms with Crippen LogP contribution in [-0.4, -0.2) is 13.2 Å². The van der Waals surface area contributed by atoms with Gasteiger partial charge in [0.05, 0.1) is 13.2 Å². The number of ether oxygens (including phenoxy) is 1. The Bertz CT molecular complexity index is 664. The summed E-state index contributed by atoms with van der Waals surface area (Å²) in [5.41, 5.74) is 8.51. The van der Waals surface area contributed by atoms with Gasteiger partial charge in [0.2, 0.25) is 0 Å². The van der Waals surface area contributed by atoms with Crippen LogP contribution in [0.2, 0.25) is 0 Å². The zero-order chi connectivity index (χ0) is 13.0. The van der Waals surface area contributed by atoms with Crippen molar-refractivity contribution in [3.05, 3.63) is 58.4 Å². The van der Waals surface area contributed by atoms with Crippen molar-refractivity contribution in [2.45, 2.75) is 25.8 Å². The van der Waals surface area contributed by atoms with Gasteiger partial charge in [-0.2, -0.15) is 0 Å². The van der Waals surface area contributed by atoms with Crippen LogP contribution in [0, 0.1) is 0 Å². The normalized spacial score (nSPS) is 23.7. The first-order chi connectivity index (χ1) is 9.28. The first-order valence-electron chi connectivity index (χ1n) is 6.81. The smallest absolute Gasteiger partial charge is 0.100 e. The summed E-state index contributed by atoms with van der Waals surface area (Å²) in [7, 11) is 1.77. The maximum absolute atomic E-state index is 5.48. The van der Waals surface area contributed by atoms with E-state index in [1.165, 1.54) is 33.5 Å². The topological polar surface area (TPSA) is 21.3 Å². The first-order valence-corrected chi connectivity index (χ1v) is 6.81. The van der Waals surface area contributed by atoms with Gasteiger partial charge < -0.3 is 10.1 Å². The van der Waals surface area contributed by atoms with Crippen LogP contribution in [0.5, 0.6) is 0 Å². The summed E-state index contributed by atoms with van der Waals surface area (Å²) in [4.78, 5) is 0. The minimum absolute atomic E-state index is 0.460. The van der Waals surface area contributed by atoms with Crippen LogP contribution in [-0.2, 0) is 4.74 Å². The zero-order valence-corrected chi connectivity index (χ0v) is 11.3. The zero-order valence-electron chi connectivity index (χ0n) is 11.3. The van der Waals surface area contributed by atoms with E-state index >= 15 is 0 Å². The lowest BCUT2D eigenvalue weighted by Crippen LogP contribution is -2.10. The summed E-state index contributed by atoms with van der Waals surface area (Å²) in [5, 5.41) is 3.65. The third-order valence-electron chi connectivity index (χ3n) is 4.46. The highest BCUT2D eigenvalue weighted by atomic mass is 16.5. The number of anilines is 1. The third-order valence-corrected chi connectivity index (χ3v) is 4.46. The van der Waals surface area contributed by atoms with Crippen LogP contribution >= 0.6 is 0 Å². The molecule has 2 heteroatoms. The highest BCUT2D eigenvalue weighted by Gasteiger charge is 2.37. The van der Waals surface area contributed by atoms with Crippen LogP contribution in [0.4, 0.5) is 5.69 Å². The predicted molar refractivity (Wildman–Crippen MR) is 77.8 cm³/mol. The van der Waals surface area contributed by atoms with Gasteiger partial charge in [-0.1, -0.05) is 18.2 Å². The number of hydrogen-bond donors (Lipinski definition) is 1. The fourth-order valence-electron chi connectivity index (χ4n) is 3.59. The summed E-state index contributed by atoms with van der Waals surface area (Å²) in [5.74, 6) is 1.08. The van der Waals surface area contributed by atoms with Crippen molar-refractivity contribution in [1.82, 2.24) is 0 Å². The fraction of sp³-hybridized carbons (Fsp3) is 0.294. The maximum Gasteiger partial charge on any atom is 0.100 e. The highest BCUT2D eigenvalue weighted by molar-refractivity contribution is 5.93. The number of fused-ring (bicyclic) bond motifs is 4. The van der Waals surface area contributed by atoms with Crippen molar-refractivity contribution in [2.75, 3.05) is 12.4 Å². The second kappa shape index (κ2) is 3.77. The summed E-state index contributed by atoms with van der Waals surface area (Å²) < 4.78 is 5.48. The van der Waals surface area contributed by atoms with Gasteiger partial charge in [-0.15, -0.1) is 0 Å². The molecule has 1 aliphatic heterocycles. The number of benzene rings is 1. The fourth-order valence-corrected chi connectivity index (χ4v) is 3.59. The molecule has 0 bridgehead atoms. The van der Waals surface area contributed by atoms with Crippen LogP contribution in [0.1, 0.15) is 25.3 Å². The Labute approximate surface area is 113 Å². The summed E-state index contributed by atoms with van der Waals surface area (Å²) in [6.07, 6.45) is 4.23. The lowest BCUT2D eigenvalue weighted by Gasteiger charge is -2.18. The molecule has 19 heavy (non-hydrogen) atoms. The summed E-state index contributed by atoms with van der Waals surface area (Å²) in [6, 6.07) is 9.09. The van der Waals surface area contributed by atoms with Gasteiger partial charge in [-0.25, -0.2) is 0 Å². The molecule has 4 rings (SSSR count). The summed E-state index contributed by atoms with van der Waals surface area (Å²) >= 11 is 0. The number of para-hydroxylation sites is 1.